The van der Waals surface area contributed by atoms with Crippen molar-refractivity contribution in [2.45, 2.75) is 17.3 Å². The number of nitrogens with one attached hydrogen (secondary N) is 1. The van der Waals surface area contributed by atoms with E-state index in [1.54, 1.807) is 13.1 Å². The highest BCUT2D eigenvalue weighted by molar-refractivity contribution is 8.00. The van der Waals surface area contributed by atoms with E-state index in [0.29, 0.717) is 20.8 Å². The molecule has 1 heterocycles. The Bertz CT molecular complexity index is 675. The molecule has 1 atom stereocenters. The van der Waals surface area contributed by atoms with Gasteiger partial charge in [-0.2, -0.15) is 0 Å². The van der Waals surface area contributed by atoms with E-state index in [1.165, 1.54) is 23.9 Å². The molecule has 0 aliphatic heterocycles. The number of anilines is 1. The molecule has 1 aromatic heterocycles. The molecular formula is C13H12Cl3N3OS. The fraction of sp³-hybridized carbons (Fsp3) is 0.231. The number of carbonyl (C=O) groups excluding carboxylic acids is 1. The van der Waals surface area contributed by atoms with Gasteiger partial charge >= 0.3 is 0 Å². The van der Waals surface area contributed by atoms with E-state index in [0.717, 1.165) is 5.16 Å². The molecular weight excluding hydrogens is 353 g/mol. The van der Waals surface area contributed by atoms with Crippen LogP contribution >= 0.6 is 46.6 Å². The molecule has 0 aliphatic rings. The SMILES string of the molecule is C[C@@H](Sc1nccn1C)C(=O)Nc1cc(Cl)c(Cl)cc1Cl. The molecule has 21 heavy (non-hydrogen) atoms. The van der Waals surface area contributed by atoms with E-state index in [1.807, 2.05) is 17.8 Å². The maximum absolute atomic E-state index is 12.2. The third-order valence-electron chi connectivity index (χ3n) is 2.70. The van der Waals surface area contributed by atoms with Crippen LogP contribution in [-0.2, 0) is 11.8 Å². The van der Waals surface area contributed by atoms with Gasteiger partial charge in [-0.15, -0.1) is 0 Å². The van der Waals surface area contributed by atoms with Crippen LogP contribution < -0.4 is 5.32 Å². The lowest BCUT2D eigenvalue weighted by Crippen LogP contribution is -2.23. The van der Waals surface area contributed by atoms with E-state index < -0.39 is 0 Å². The van der Waals surface area contributed by atoms with Crippen molar-refractivity contribution in [1.29, 1.82) is 0 Å². The van der Waals surface area contributed by atoms with Crippen LogP contribution in [0.5, 0.6) is 0 Å². The van der Waals surface area contributed by atoms with E-state index in [2.05, 4.69) is 10.3 Å². The van der Waals surface area contributed by atoms with Crippen LogP contribution in [0.4, 0.5) is 5.69 Å². The Hall–Kier alpha value is -0.880. The number of aromatic nitrogens is 2. The molecule has 4 nitrogen and oxygen atoms in total. The van der Waals surface area contributed by atoms with Crippen LogP contribution in [0.15, 0.2) is 29.7 Å². The molecule has 0 unspecified atom stereocenters. The van der Waals surface area contributed by atoms with Gasteiger partial charge in [-0.1, -0.05) is 46.6 Å². The number of halogens is 3. The Morgan fingerprint density at radius 1 is 1.29 bits per heavy atom. The first-order chi connectivity index (χ1) is 9.88. The Morgan fingerprint density at radius 2 is 1.95 bits per heavy atom. The van der Waals surface area contributed by atoms with E-state index in [-0.39, 0.29) is 11.2 Å². The highest BCUT2D eigenvalue weighted by Gasteiger charge is 2.18. The quantitative estimate of drug-likeness (QED) is 0.642. The Labute approximate surface area is 141 Å². The van der Waals surface area contributed by atoms with Crippen LogP contribution in [0.2, 0.25) is 15.1 Å². The monoisotopic (exact) mass is 363 g/mol. The minimum atomic E-state index is -0.336. The standard InChI is InChI=1S/C13H12Cl3N3OS/c1-7(21-13-17-3-4-19(13)2)12(20)18-11-6-9(15)8(14)5-10(11)16/h3-7H,1-2H3,(H,18,20)/t7-/m1/s1. The predicted molar refractivity (Wildman–Crippen MR) is 88.6 cm³/mol. The van der Waals surface area contributed by atoms with Gasteiger partial charge in [0.1, 0.15) is 0 Å². The van der Waals surface area contributed by atoms with Gasteiger partial charge in [-0.25, -0.2) is 4.98 Å². The van der Waals surface area contributed by atoms with Crippen LogP contribution in [0, 0.1) is 0 Å². The van der Waals surface area contributed by atoms with Crippen molar-refractivity contribution in [2.75, 3.05) is 5.32 Å². The largest absolute Gasteiger partial charge is 0.329 e. The second kappa shape index (κ2) is 6.92. The molecule has 8 heteroatoms. The van der Waals surface area contributed by atoms with Crippen molar-refractivity contribution >= 4 is 58.2 Å². The number of amides is 1. The number of hydrogen-bond donors (Lipinski definition) is 1. The van der Waals surface area contributed by atoms with Crippen LogP contribution in [0.25, 0.3) is 0 Å². The Morgan fingerprint density at radius 3 is 2.57 bits per heavy atom. The third-order valence-corrected chi connectivity index (χ3v) is 4.90. The van der Waals surface area contributed by atoms with Crippen molar-refractivity contribution in [3.63, 3.8) is 0 Å². The van der Waals surface area contributed by atoms with E-state index >= 15 is 0 Å². The van der Waals surface area contributed by atoms with Gasteiger partial charge in [0.05, 0.1) is 26.0 Å². The topological polar surface area (TPSA) is 46.9 Å². The van der Waals surface area contributed by atoms with Gasteiger partial charge in [-0.05, 0) is 19.1 Å². The molecule has 0 fully saturated rings. The van der Waals surface area contributed by atoms with Crippen molar-refractivity contribution in [2.24, 2.45) is 7.05 Å². The first-order valence-corrected chi connectivity index (χ1v) is 7.99. The zero-order chi connectivity index (χ0) is 15.6. The summed E-state index contributed by atoms with van der Waals surface area (Å²) in [6.07, 6.45) is 3.51. The number of carbonyl (C=O) groups is 1. The fourth-order valence-electron chi connectivity index (χ4n) is 1.53. The summed E-state index contributed by atoms with van der Waals surface area (Å²) < 4.78 is 1.85. The molecule has 1 amide bonds. The normalized spacial score (nSPS) is 12.2. The van der Waals surface area contributed by atoms with Gasteiger partial charge in [-0.3, -0.25) is 4.79 Å². The number of rotatable bonds is 4. The molecule has 1 N–H and O–H groups in total. The lowest BCUT2D eigenvalue weighted by molar-refractivity contribution is -0.115. The van der Waals surface area contributed by atoms with Crippen LogP contribution in [-0.4, -0.2) is 20.7 Å². The first-order valence-electron chi connectivity index (χ1n) is 5.98. The van der Waals surface area contributed by atoms with Gasteiger partial charge in [0.25, 0.3) is 0 Å². The highest BCUT2D eigenvalue weighted by Crippen LogP contribution is 2.32. The van der Waals surface area contributed by atoms with Gasteiger partial charge in [0, 0.05) is 19.4 Å². The fourth-order valence-corrected chi connectivity index (χ4v) is 2.95. The molecule has 0 saturated carbocycles. The van der Waals surface area contributed by atoms with Crippen LogP contribution in [0.1, 0.15) is 6.92 Å². The number of imidazole rings is 1. The van der Waals surface area contributed by atoms with E-state index in [9.17, 15) is 4.79 Å². The highest BCUT2D eigenvalue weighted by atomic mass is 35.5. The maximum atomic E-state index is 12.2. The average Bonchev–Trinajstić information content (AvgIpc) is 2.81. The summed E-state index contributed by atoms with van der Waals surface area (Å²) >= 11 is 19.2. The summed E-state index contributed by atoms with van der Waals surface area (Å²) in [5.74, 6) is -0.191. The average molecular weight is 365 g/mol. The number of hydrogen-bond acceptors (Lipinski definition) is 3. The summed E-state index contributed by atoms with van der Waals surface area (Å²) in [5, 5.41) is 4.18. The Balaban J connectivity index is 2.07. The molecule has 2 rings (SSSR count). The Kier molecular flexibility index (Phi) is 5.43. The zero-order valence-corrected chi connectivity index (χ0v) is 14.3. The minimum absolute atomic E-state index is 0.191. The maximum Gasteiger partial charge on any atom is 0.237 e. The van der Waals surface area contributed by atoms with Crippen molar-refractivity contribution in [3.05, 3.63) is 39.6 Å². The lowest BCUT2D eigenvalue weighted by Gasteiger charge is -2.13. The van der Waals surface area contributed by atoms with Gasteiger partial charge in [0.2, 0.25) is 5.91 Å². The molecule has 112 valence electrons. The summed E-state index contributed by atoms with van der Waals surface area (Å²) in [6, 6.07) is 3.03. The summed E-state index contributed by atoms with van der Waals surface area (Å²) in [6.45, 7) is 1.79. The summed E-state index contributed by atoms with van der Waals surface area (Å²) in [7, 11) is 1.87. The number of benzene rings is 1. The zero-order valence-electron chi connectivity index (χ0n) is 11.2. The lowest BCUT2D eigenvalue weighted by atomic mass is 10.3. The smallest absolute Gasteiger partial charge is 0.237 e. The molecule has 0 aliphatic carbocycles. The summed E-state index contributed by atoms with van der Waals surface area (Å²) in [5.41, 5.74) is 0.434. The third kappa shape index (κ3) is 4.07. The second-order valence-electron chi connectivity index (χ2n) is 4.32. The minimum Gasteiger partial charge on any atom is -0.329 e. The molecule has 0 radical (unpaired) electrons. The summed E-state index contributed by atoms with van der Waals surface area (Å²) in [4.78, 5) is 16.4. The molecule has 1 aromatic carbocycles. The second-order valence-corrected chi connectivity index (χ2v) is 6.85. The number of aryl methyl sites for hydroxylation is 1. The molecule has 0 bridgehead atoms. The van der Waals surface area contributed by atoms with Crippen molar-refractivity contribution < 1.29 is 4.79 Å². The van der Waals surface area contributed by atoms with Crippen LogP contribution in [0.3, 0.4) is 0 Å². The molecule has 0 spiro atoms. The van der Waals surface area contributed by atoms with Crippen molar-refractivity contribution in [3.8, 4) is 0 Å². The molecule has 2 aromatic rings. The van der Waals surface area contributed by atoms with Gasteiger partial charge in [0.15, 0.2) is 5.16 Å². The first kappa shape index (κ1) is 16.5. The van der Waals surface area contributed by atoms with Gasteiger partial charge < -0.3 is 9.88 Å². The predicted octanol–water partition coefficient (Wildman–Crippen LogP) is 4.50. The van der Waals surface area contributed by atoms with E-state index in [4.69, 9.17) is 34.8 Å². The molecule has 0 saturated heterocycles. The number of thioether (sulfide) groups is 1. The number of nitrogens with zero attached hydrogens (tertiary/aromatic N) is 2. The van der Waals surface area contributed by atoms with Crippen molar-refractivity contribution in [1.82, 2.24) is 9.55 Å².